The second kappa shape index (κ2) is 6.02. The topological polar surface area (TPSA) is 71.8 Å². The van der Waals surface area contributed by atoms with Crippen LogP contribution >= 0.6 is 0 Å². The maximum absolute atomic E-state index is 13.4. The van der Waals surface area contributed by atoms with Crippen molar-refractivity contribution < 1.29 is 19.2 Å². The van der Waals surface area contributed by atoms with Gasteiger partial charge >= 0.3 is 0 Å². The lowest BCUT2D eigenvalue weighted by molar-refractivity contribution is -0.151. The summed E-state index contributed by atoms with van der Waals surface area (Å²) in [5.74, 6) is 1.34. The first-order valence-corrected chi connectivity index (χ1v) is 9.00. The van der Waals surface area contributed by atoms with E-state index in [4.69, 9.17) is 19.2 Å². The molecule has 0 unspecified atom stereocenters. The van der Waals surface area contributed by atoms with E-state index in [9.17, 15) is 4.79 Å². The Kier molecular flexibility index (Phi) is 3.58. The van der Waals surface area contributed by atoms with E-state index in [1.165, 1.54) is 12.5 Å². The van der Waals surface area contributed by atoms with Gasteiger partial charge in [0, 0.05) is 41.1 Å². The van der Waals surface area contributed by atoms with E-state index < -0.39 is 0 Å². The molecule has 0 amide bonds. The van der Waals surface area contributed by atoms with E-state index in [1.807, 2.05) is 19.1 Å². The number of fused-ring (bicyclic) bond motifs is 6. The average Bonchev–Trinajstić information content (AvgIpc) is 3.09. The quantitative estimate of drug-likeness (QED) is 0.749. The maximum atomic E-state index is 13.4. The molecule has 142 valence electrons. The van der Waals surface area contributed by atoms with Gasteiger partial charge in [-0.15, -0.1) is 0 Å². The molecule has 0 saturated heterocycles. The lowest BCUT2D eigenvalue weighted by Gasteiger charge is -2.20. The minimum Gasteiger partial charge on any atom is -0.493 e. The van der Waals surface area contributed by atoms with Gasteiger partial charge in [-0.3, -0.25) is 19.6 Å². The smallest absolute Gasteiger partial charge is 0.255 e. The fourth-order valence-corrected chi connectivity index (χ4v) is 4.12. The third-order valence-corrected chi connectivity index (χ3v) is 5.40. The number of hydrogen-bond acceptors (Lipinski definition) is 6. The standard InChI is InChI=1S/C21H18N2O5/c1-4-23-19-16-10-28-27-9-12(16)8-22-18(19)14-5-11-6-17(25-2)20(26-3)13(11)7-15(14)21(23)24/h5-6,8-10H,4,7H2,1-3H3. The van der Waals surface area contributed by atoms with Gasteiger partial charge in [-0.05, 0) is 24.6 Å². The zero-order valence-corrected chi connectivity index (χ0v) is 15.7. The number of ether oxygens (including phenoxy) is 2. The summed E-state index contributed by atoms with van der Waals surface area (Å²) >= 11 is 0. The van der Waals surface area contributed by atoms with Crippen LogP contribution in [0.2, 0.25) is 0 Å². The van der Waals surface area contributed by atoms with Crippen molar-refractivity contribution in [2.24, 2.45) is 0 Å². The Hall–Kier alpha value is -3.48. The van der Waals surface area contributed by atoms with Crippen LogP contribution in [0.5, 0.6) is 0 Å². The predicted octanol–water partition coefficient (Wildman–Crippen LogP) is 1.24. The zero-order chi connectivity index (χ0) is 19.4. The number of methoxy groups -OCH3 is 2. The zero-order valence-electron chi connectivity index (χ0n) is 15.7. The summed E-state index contributed by atoms with van der Waals surface area (Å²) in [5, 5.41) is 1.56. The minimum atomic E-state index is -0.0378. The Morgan fingerprint density at radius 2 is 2.00 bits per heavy atom. The van der Waals surface area contributed by atoms with Gasteiger partial charge in [0.15, 0.2) is 24.0 Å². The molecule has 0 atom stereocenters. The van der Waals surface area contributed by atoms with Crippen LogP contribution in [-0.4, -0.2) is 23.8 Å². The summed E-state index contributed by atoms with van der Waals surface area (Å²) in [7, 11) is 3.22. The lowest BCUT2D eigenvalue weighted by atomic mass is 9.89. The number of nitrogens with zero attached hydrogens (tertiary/aromatic N) is 2. The van der Waals surface area contributed by atoms with Crippen LogP contribution in [0.25, 0.3) is 29.6 Å². The second-order valence-corrected chi connectivity index (χ2v) is 6.70. The molecule has 0 fully saturated rings. The molecule has 7 heteroatoms. The van der Waals surface area contributed by atoms with Crippen molar-refractivity contribution in [1.82, 2.24) is 9.55 Å². The van der Waals surface area contributed by atoms with E-state index in [1.54, 1.807) is 25.0 Å². The first-order chi connectivity index (χ1) is 13.7. The highest BCUT2D eigenvalue weighted by Gasteiger charge is 2.30. The molecule has 28 heavy (non-hydrogen) atoms. The van der Waals surface area contributed by atoms with Gasteiger partial charge < -0.3 is 14.0 Å². The Balaban J connectivity index is 1.91. The summed E-state index contributed by atoms with van der Waals surface area (Å²) in [6.07, 6.45) is 9.13. The Morgan fingerprint density at radius 3 is 2.75 bits per heavy atom. The minimum absolute atomic E-state index is 0.0378. The summed E-state index contributed by atoms with van der Waals surface area (Å²) in [6, 6.07) is 0. The van der Waals surface area contributed by atoms with E-state index >= 15 is 0 Å². The van der Waals surface area contributed by atoms with Crippen molar-refractivity contribution in [1.29, 1.82) is 0 Å². The molecule has 0 bridgehead atoms. The number of pyridine rings is 2. The van der Waals surface area contributed by atoms with Crippen molar-refractivity contribution in [2.75, 3.05) is 14.2 Å². The van der Waals surface area contributed by atoms with Crippen LogP contribution in [0.1, 0.15) is 18.1 Å². The van der Waals surface area contributed by atoms with Gasteiger partial charge in [0.2, 0.25) is 0 Å². The Morgan fingerprint density at radius 1 is 1.18 bits per heavy atom. The van der Waals surface area contributed by atoms with Gasteiger partial charge in [0.05, 0.1) is 30.5 Å². The fraction of sp³-hybridized carbons (Fsp3) is 0.238. The molecule has 3 heterocycles. The first kappa shape index (κ1) is 16.7. The molecule has 0 radical (unpaired) electrons. The molecular formula is C21H18N2O5. The summed E-state index contributed by atoms with van der Waals surface area (Å²) in [4.78, 5) is 28.0. The van der Waals surface area contributed by atoms with Crippen molar-refractivity contribution in [2.45, 2.75) is 19.9 Å². The third-order valence-electron chi connectivity index (χ3n) is 5.40. The fourth-order valence-electron chi connectivity index (χ4n) is 4.12. The summed E-state index contributed by atoms with van der Waals surface area (Å²) in [5.41, 5.74) is 4.94. The van der Waals surface area contributed by atoms with Crippen LogP contribution in [0.3, 0.4) is 0 Å². The molecule has 2 aliphatic carbocycles. The molecule has 1 aliphatic heterocycles. The van der Waals surface area contributed by atoms with Crippen LogP contribution in [0, 0.1) is 0 Å². The van der Waals surface area contributed by atoms with Crippen LogP contribution in [0.4, 0.5) is 0 Å². The Bertz CT molecular complexity index is 1310. The molecule has 0 saturated carbocycles. The van der Waals surface area contributed by atoms with Gasteiger partial charge in [-0.25, -0.2) is 0 Å². The van der Waals surface area contributed by atoms with Crippen molar-refractivity contribution in [3.8, 4) is 0 Å². The van der Waals surface area contributed by atoms with Gasteiger partial charge in [-0.1, -0.05) is 0 Å². The number of aryl methyl sites for hydroxylation is 1. The van der Waals surface area contributed by atoms with E-state index in [0.29, 0.717) is 30.0 Å². The predicted molar refractivity (Wildman–Crippen MR) is 103 cm³/mol. The largest absolute Gasteiger partial charge is 0.493 e. The lowest BCUT2D eigenvalue weighted by Crippen LogP contribution is -2.36. The number of allylic oxidation sites excluding steroid dienone is 3. The highest BCUT2D eigenvalue weighted by molar-refractivity contribution is 5.90. The van der Waals surface area contributed by atoms with E-state index in [2.05, 4.69) is 4.98 Å². The van der Waals surface area contributed by atoms with Gasteiger partial charge in [0.25, 0.3) is 5.56 Å². The molecule has 0 aromatic carbocycles. The molecule has 0 N–H and O–H groups in total. The van der Waals surface area contributed by atoms with Crippen LogP contribution < -0.4 is 16.0 Å². The first-order valence-electron chi connectivity index (χ1n) is 9.00. The van der Waals surface area contributed by atoms with Gasteiger partial charge in [0.1, 0.15) is 0 Å². The third kappa shape index (κ3) is 2.10. The highest BCUT2D eigenvalue weighted by Crippen LogP contribution is 2.39. The van der Waals surface area contributed by atoms with Crippen LogP contribution in [0.15, 0.2) is 39.7 Å². The van der Waals surface area contributed by atoms with Crippen molar-refractivity contribution in [3.63, 3.8) is 0 Å². The summed E-state index contributed by atoms with van der Waals surface area (Å²) < 4.78 is 12.7. The normalized spacial score (nSPS) is 16.5. The Labute approximate surface area is 160 Å². The number of rotatable bonds is 3. The maximum Gasteiger partial charge on any atom is 0.255 e. The SMILES string of the molecule is CCn1c(=O)c2c(c3ncc4c(c31)=COOC=4)C=C1C=C(OC)C(OC)=C1C2. The molecule has 2 aromatic rings. The second-order valence-electron chi connectivity index (χ2n) is 6.70. The monoisotopic (exact) mass is 378 g/mol. The van der Waals surface area contributed by atoms with E-state index in [0.717, 1.165) is 38.2 Å². The summed E-state index contributed by atoms with van der Waals surface area (Å²) in [6.45, 7) is 2.46. The molecule has 2 aromatic heterocycles. The molecule has 7 nitrogen and oxygen atoms in total. The van der Waals surface area contributed by atoms with Crippen molar-refractivity contribution in [3.05, 3.63) is 66.9 Å². The van der Waals surface area contributed by atoms with Crippen molar-refractivity contribution >= 4 is 29.6 Å². The molecule has 5 rings (SSSR count). The number of hydrogen-bond donors (Lipinski definition) is 0. The van der Waals surface area contributed by atoms with Crippen LogP contribution in [-0.2, 0) is 32.2 Å². The average molecular weight is 378 g/mol. The molecule has 3 aliphatic rings. The number of aromatic nitrogens is 2. The van der Waals surface area contributed by atoms with Gasteiger partial charge in [-0.2, -0.15) is 0 Å². The molecule has 0 spiro atoms. The highest BCUT2D eigenvalue weighted by atomic mass is 17.2. The molecular weight excluding hydrogens is 360 g/mol. The van der Waals surface area contributed by atoms with E-state index in [-0.39, 0.29) is 5.56 Å².